The number of rotatable bonds is 8. The van der Waals surface area contributed by atoms with E-state index in [-0.39, 0.29) is 29.6 Å². The number of sulfonamides is 1. The van der Waals surface area contributed by atoms with Gasteiger partial charge in [0.15, 0.2) is 0 Å². The minimum atomic E-state index is -3.84. The highest BCUT2D eigenvalue weighted by molar-refractivity contribution is 7.89. The van der Waals surface area contributed by atoms with Crippen molar-refractivity contribution in [3.05, 3.63) is 71.2 Å². The molecule has 0 fully saturated rings. The van der Waals surface area contributed by atoms with Gasteiger partial charge < -0.3 is 9.64 Å². The highest BCUT2D eigenvalue weighted by atomic mass is 35.5. The lowest BCUT2D eigenvalue weighted by Crippen LogP contribution is -2.28. The molecule has 1 aromatic heterocycles. The lowest BCUT2D eigenvalue weighted by molar-refractivity contribution is 0.0709. The van der Waals surface area contributed by atoms with Crippen molar-refractivity contribution >= 4 is 44.1 Å². The topological polar surface area (TPSA) is 119 Å². The molecule has 0 aliphatic rings. The number of nitrogens with zero attached hydrogens (tertiary/aromatic N) is 5. The van der Waals surface area contributed by atoms with Crippen LogP contribution in [0.1, 0.15) is 10.4 Å². The second kappa shape index (κ2) is 9.75. The van der Waals surface area contributed by atoms with Crippen molar-refractivity contribution in [3.63, 3.8) is 0 Å². The first-order valence-electron chi connectivity index (χ1n) is 10.2. The Morgan fingerprint density at radius 2 is 1.76 bits per heavy atom. The van der Waals surface area contributed by atoms with E-state index in [0.717, 1.165) is 11.1 Å². The van der Waals surface area contributed by atoms with Gasteiger partial charge in [-0.25, -0.2) is 17.9 Å². The van der Waals surface area contributed by atoms with Gasteiger partial charge in [-0.1, -0.05) is 41.0 Å². The monoisotopic (exact) mass is 500 g/mol. The Balaban J connectivity index is 1.46. The Bertz CT molecular complexity index is 1440. The summed E-state index contributed by atoms with van der Waals surface area (Å²) in [4.78, 5) is 14.4. The van der Waals surface area contributed by atoms with Crippen LogP contribution < -0.4 is 14.4 Å². The van der Waals surface area contributed by atoms with E-state index < -0.39 is 16.0 Å². The first-order valence-corrected chi connectivity index (χ1v) is 12.0. The lowest BCUT2D eigenvalue weighted by atomic mass is 10.1. The Morgan fingerprint density at radius 3 is 2.50 bits per heavy atom. The highest BCUT2D eigenvalue weighted by Gasteiger charge is 2.19. The summed E-state index contributed by atoms with van der Waals surface area (Å²) in [5.41, 5.74) is 1.18. The van der Waals surface area contributed by atoms with Crippen LogP contribution >= 0.6 is 11.6 Å². The van der Waals surface area contributed by atoms with Gasteiger partial charge in [0.1, 0.15) is 0 Å². The predicted octanol–water partition coefficient (Wildman–Crippen LogP) is 2.74. The molecule has 0 aliphatic carbocycles. The van der Waals surface area contributed by atoms with E-state index in [4.69, 9.17) is 16.3 Å². The van der Waals surface area contributed by atoms with Gasteiger partial charge in [-0.15, -0.1) is 0 Å². The maximum atomic E-state index is 13.0. The Kier molecular flexibility index (Phi) is 6.77. The summed E-state index contributed by atoms with van der Waals surface area (Å²) in [6, 6.07) is 16.7. The van der Waals surface area contributed by atoms with Crippen molar-refractivity contribution in [1.29, 1.82) is 0 Å². The number of benzene rings is 3. The smallest absolute Gasteiger partial charge is 0.345 e. The number of carbonyl (C=O) groups is 1. The van der Waals surface area contributed by atoms with Crippen molar-refractivity contribution in [3.8, 4) is 6.01 Å². The first-order chi connectivity index (χ1) is 16.3. The molecule has 0 saturated carbocycles. The second-order valence-electron chi connectivity index (χ2n) is 7.50. The molecule has 0 bridgehead atoms. The number of ether oxygens (including phenoxy) is 1. The van der Waals surface area contributed by atoms with Gasteiger partial charge in [0.25, 0.3) is 0 Å². The molecule has 0 saturated heterocycles. The average Bonchev–Trinajstić information content (AvgIpc) is 3.25. The molecule has 3 aromatic carbocycles. The third kappa shape index (κ3) is 5.01. The molecular weight excluding hydrogens is 480 g/mol. The number of tetrazole rings is 1. The van der Waals surface area contributed by atoms with Crippen LogP contribution in [0.2, 0.25) is 5.02 Å². The summed E-state index contributed by atoms with van der Waals surface area (Å²) in [5.74, 6) is -0.666. The maximum absolute atomic E-state index is 13.0. The van der Waals surface area contributed by atoms with E-state index in [1.54, 1.807) is 30.3 Å². The largest absolute Gasteiger partial charge is 0.386 e. The zero-order chi connectivity index (χ0) is 24.3. The normalized spacial score (nSPS) is 11.5. The number of hydrogen-bond acceptors (Lipinski definition) is 8. The molecule has 0 atom stereocenters. The summed E-state index contributed by atoms with van der Waals surface area (Å²) in [6.45, 7) is 0.0196. The number of hydrogen-bond donors (Lipinski definition) is 1. The molecule has 0 aliphatic heterocycles. The lowest BCUT2D eigenvalue weighted by Gasteiger charge is -2.17. The van der Waals surface area contributed by atoms with Crippen molar-refractivity contribution in [2.75, 3.05) is 25.5 Å². The van der Waals surface area contributed by atoms with Crippen molar-refractivity contribution in [2.45, 2.75) is 11.4 Å². The first kappa shape index (κ1) is 23.6. The average molecular weight is 501 g/mol. The summed E-state index contributed by atoms with van der Waals surface area (Å²) in [6.07, 6.45) is 0. The quantitative estimate of drug-likeness (QED) is 0.367. The fourth-order valence-electron chi connectivity index (χ4n) is 3.39. The summed E-state index contributed by atoms with van der Waals surface area (Å²) >= 11 is 5.83. The summed E-state index contributed by atoms with van der Waals surface area (Å²) < 4.78 is 35.1. The van der Waals surface area contributed by atoms with Crippen LogP contribution in [0.5, 0.6) is 6.01 Å². The molecule has 4 rings (SSSR count). The Labute approximate surface area is 201 Å². The van der Waals surface area contributed by atoms with E-state index >= 15 is 0 Å². The molecule has 4 aromatic rings. The molecule has 10 nitrogen and oxygen atoms in total. The van der Waals surface area contributed by atoms with Crippen molar-refractivity contribution in [1.82, 2.24) is 24.9 Å². The van der Waals surface area contributed by atoms with Gasteiger partial charge in [-0.3, -0.25) is 0 Å². The van der Waals surface area contributed by atoms with Crippen LogP contribution in [-0.2, 0) is 16.6 Å². The van der Waals surface area contributed by atoms with E-state index in [1.165, 1.54) is 16.8 Å². The van der Waals surface area contributed by atoms with Crippen LogP contribution in [0.4, 0.5) is 5.69 Å². The van der Waals surface area contributed by atoms with Gasteiger partial charge >= 0.3 is 12.0 Å². The van der Waals surface area contributed by atoms with Crippen molar-refractivity contribution < 1.29 is 17.9 Å². The molecule has 1 N–H and O–H groups in total. The van der Waals surface area contributed by atoms with E-state index in [2.05, 4.69) is 20.2 Å². The standard InChI is InChI=1S/C22H21ClN6O4S/c1-28(2)19-7-3-6-18-17(19)5-4-8-20(18)34(31,32)24-13-14-29-22(25-26-27-29)33-21(30)15-9-11-16(23)12-10-15/h3-12,24H,13-14H2,1-2H3. The van der Waals surface area contributed by atoms with Gasteiger partial charge in [-0.2, -0.15) is 4.68 Å². The van der Waals surface area contributed by atoms with E-state index in [9.17, 15) is 13.2 Å². The van der Waals surface area contributed by atoms with Gasteiger partial charge in [0, 0.05) is 42.1 Å². The van der Waals surface area contributed by atoms with Crippen LogP contribution in [-0.4, -0.2) is 55.2 Å². The number of esters is 1. The SMILES string of the molecule is CN(C)c1cccc2c(S(=O)(=O)NCCn3nnnc3OC(=O)c3ccc(Cl)cc3)cccc12. The molecule has 0 amide bonds. The van der Waals surface area contributed by atoms with Gasteiger partial charge in [-0.05, 0) is 46.8 Å². The number of aromatic nitrogens is 4. The van der Waals surface area contributed by atoms with E-state index in [0.29, 0.717) is 10.4 Å². The summed E-state index contributed by atoms with van der Waals surface area (Å²) in [7, 11) is -0.0353. The molecule has 34 heavy (non-hydrogen) atoms. The number of carbonyl (C=O) groups excluding carboxylic acids is 1. The molecular formula is C22H21ClN6O4S. The molecule has 0 unspecified atom stereocenters. The van der Waals surface area contributed by atoms with Crippen molar-refractivity contribution in [2.24, 2.45) is 0 Å². The van der Waals surface area contributed by atoms with Gasteiger partial charge in [0.05, 0.1) is 17.0 Å². The molecule has 12 heteroatoms. The molecule has 176 valence electrons. The maximum Gasteiger partial charge on any atom is 0.345 e. The van der Waals surface area contributed by atoms with E-state index in [1.807, 2.05) is 37.2 Å². The Hall–Kier alpha value is -3.54. The highest BCUT2D eigenvalue weighted by Crippen LogP contribution is 2.30. The second-order valence-corrected chi connectivity index (χ2v) is 9.67. The number of anilines is 1. The summed E-state index contributed by atoms with van der Waals surface area (Å²) in [5, 5.41) is 12.9. The Morgan fingerprint density at radius 1 is 1.06 bits per heavy atom. The minimum absolute atomic E-state index is 0.0252. The van der Waals surface area contributed by atoms with Crippen LogP contribution in [0.25, 0.3) is 10.8 Å². The fourth-order valence-corrected chi connectivity index (χ4v) is 4.76. The van der Waals surface area contributed by atoms with Crippen LogP contribution in [0, 0.1) is 0 Å². The zero-order valence-electron chi connectivity index (χ0n) is 18.3. The molecule has 1 heterocycles. The molecule has 0 spiro atoms. The number of halogens is 1. The third-order valence-corrected chi connectivity index (χ3v) is 6.78. The number of fused-ring (bicyclic) bond motifs is 1. The van der Waals surface area contributed by atoms with Crippen LogP contribution in [0.15, 0.2) is 65.6 Å². The zero-order valence-corrected chi connectivity index (χ0v) is 19.9. The minimum Gasteiger partial charge on any atom is -0.386 e. The fraction of sp³-hybridized carbons (Fsp3) is 0.182. The van der Waals surface area contributed by atoms with Gasteiger partial charge in [0.2, 0.25) is 10.0 Å². The predicted molar refractivity (Wildman–Crippen MR) is 128 cm³/mol. The molecule has 0 radical (unpaired) electrons. The number of nitrogens with one attached hydrogen (secondary N) is 1. The third-order valence-electron chi connectivity index (χ3n) is 5.01. The van der Waals surface area contributed by atoms with Crippen LogP contribution in [0.3, 0.4) is 0 Å².